The van der Waals surface area contributed by atoms with E-state index >= 15 is 0 Å². The largest absolute Gasteiger partial charge is 0.497 e. The Morgan fingerprint density at radius 1 is 1.03 bits per heavy atom. The Bertz CT molecular complexity index is 970. The first-order valence-corrected chi connectivity index (χ1v) is 9.01. The van der Waals surface area contributed by atoms with Crippen LogP contribution in [0.3, 0.4) is 0 Å². The summed E-state index contributed by atoms with van der Waals surface area (Å²) in [5, 5.41) is 2.79. The summed E-state index contributed by atoms with van der Waals surface area (Å²) < 4.78 is 16.2. The Hall–Kier alpha value is -3.80. The van der Waals surface area contributed by atoms with Crippen LogP contribution in [0.15, 0.2) is 73.1 Å². The van der Waals surface area contributed by atoms with Crippen LogP contribution in [0, 0.1) is 0 Å². The summed E-state index contributed by atoms with van der Waals surface area (Å²) in [6.07, 6.45) is 6.69. The number of hydrogen-bond donors (Lipinski definition) is 1. The second kappa shape index (κ2) is 9.94. The molecule has 6 heteroatoms. The third kappa shape index (κ3) is 5.84. The maximum absolute atomic E-state index is 12.3. The van der Waals surface area contributed by atoms with Crippen LogP contribution in [-0.2, 0) is 11.4 Å². The minimum atomic E-state index is -0.270. The van der Waals surface area contributed by atoms with Crippen LogP contribution in [0.25, 0.3) is 6.08 Å². The van der Waals surface area contributed by atoms with Gasteiger partial charge in [0.25, 0.3) is 0 Å². The second-order valence-corrected chi connectivity index (χ2v) is 6.11. The Kier molecular flexibility index (Phi) is 6.84. The van der Waals surface area contributed by atoms with E-state index in [1.54, 1.807) is 50.9 Å². The van der Waals surface area contributed by atoms with Crippen molar-refractivity contribution in [2.45, 2.75) is 6.61 Å². The van der Waals surface area contributed by atoms with Gasteiger partial charge in [0.15, 0.2) is 0 Å². The Morgan fingerprint density at radius 3 is 2.52 bits per heavy atom. The van der Waals surface area contributed by atoms with E-state index < -0.39 is 0 Å². The van der Waals surface area contributed by atoms with Crippen LogP contribution in [-0.4, -0.2) is 25.1 Å². The molecule has 29 heavy (non-hydrogen) atoms. The van der Waals surface area contributed by atoms with Crippen LogP contribution in [0.2, 0.25) is 0 Å². The van der Waals surface area contributed by atoms with Gasteiger partial charge in [0, 0.05) is 30.1 Å². The third-order valence-electron chi connectivity index (χ3n) is 4.10. The van der Waals surface area contributed by atoms with Gasteiger partial charge in [-0.25, -0.2) is 0 Å². The highest BCUT2D eigenvalue weighted by Gasteiger charge is 2.07. The van der Waals surface area contributed by atoms with Gasteiger partial charge in [-0.15, -0.1) is 0 Å². The van der Waals surface area contributed by atoms with Gasteiger partial charge in [0.05, 0.1) is 19.9 Å². The molecule has 0 bridgehead atoms. The van der Waals surface area contributed by atoms with Crippen molar-refractivity contribution in [2.75, 3.05) is 19.5 Å². The predicted octanol–water partition coefficient (Wildman–Crippen LogP) is 4.33. The van der Waals surface area contributed by atoms with Crippen molar-refractivity contribution < 1.29 is 19.0 Å². The van der Waals surface area contributed by atoms with E-state index in [0.29, 0.717) is 23.8 Å². The number of carbonyl (C=O) groups is 1. The molecule has 0 aliphatic carbocycles. The molecule has 1 N–H and O–H groups in total. The minimum Gasteiger partial charge on any atom is -0.497 e. The lowest BCUT2D eigenvalue weighted by Gasteiger charge is -2.10. The molecule has 0 aliphatic rings. The molecule has 3 rings (SSSR count). The molecule has 0 fully saturated rings. The molecule has 1 aromatic heterocycles. The molecule has 148 valence electrons. The quantitative estimate of drug-likeness (QED) is 0.580. The number of benzene rings is 2. The van der Waals surface area contributed by atoms with Crippen molar-refractivity contribution >= 4 is 17.7 Å². The molecular formula is C23H22N2O4. The topological polar surface area (TPSA) is 69.7 Å². The van der Waals surface area contributed by atoms with Gasteiger partial charge in [0.1, 0.15) is 23.9 Å². The van der Waals surface area contributed by atoms with Crippen molar-refractivity contribution in [1.29, 1.82) is 0 Å². The molecule has 0 saturated heterocycles. The number of nitrogens with zero attached hydrogens (tertiary/aromatic N) is 1. The highest BCUT2D eigenvalue weighted by Crippen LogP contribution is 2.28. The zero-order chi connectivity index (χ0) is 20.5. The maximum Gasteiger partial charge on any atom is 0.248 e. The Morgan fingerprint density at radius 2 is 1.83 bits per heavy atom. The lowest BCUT2D eigenvalue weighted by atomic mass is 10.2. The molecule has 0 spiro atoms. The van der Waals surface area contributed by atoms with E-state index in [2.05, 4.69) is 10.3 Å². The van der Waals surface area contributed by atoms with Gasteiger partial charge in [-0.05, 0) is 42.0 Å². The number of nitrogens with one attached hydrogen (secondary N) is 1. The fraction of sp³-hybridized carbons (Fsp3) is 0.130. The summed E-state index contributed by atoms with van der Waals surface area (Å²) in [6, 6.07) is 16.5. The summed E-state index contributed by atoms with van der Waals surface area (Å²) >= 11 is 0. The molecular weight excluding hydrogens is 368 g/mol. The smallest absolute Gasteiger partial charge is 0.248 e. The van der Waals surface area contributed by atoms with Crippen LogP contribution < -0.4 is 19.5 Å². The molecule has 6 nitrogen and oxygen atoms in total. The highest BCUT2D eigenvalue weighted by atomic mass is 16.5. The molecule has 0 atom stereocenters. The predicted molar refractivity (Wildman–Crippen MR) is 112 cm³/mol. The van der Waals surface area contributed by atoms with Crippen LogP contribution >= 0.6 is 0 Å². The molecule has 0 radical (unpaired) electrons. The number of hydrogen-bond acceptors (Lipinski definition) is 5. The van der Waals surface area contributed by atoms with Gasteiger partial charge in [0.2, 0.25) is 5.91 Å². The number of amides is 1. The standard InChI is InChI=1S/C23H22N2O4/c1-27-20-10-11-22(28-2)21(14-20)25-23(26)12-7-17-5-8-19(9-6-17)29-16-18-4-3-13-24-15-18/h3-15H,16H2,1-2H3,(H,25,26)/b12-7+. The fourth-order valence-corrected chi connectivity index (χ4v) is 2.58. The lowest BCUT2D eigenvalue weighted by molar-refractivity contribution is -0.111. The Balaban J connectivity index is 1.57. The van der Waals surface area contributed by atoms with Crippen molar-refractivity contribution in [2.24, 2.45) is 0 Å². The summed E-state index contributed by atoms with van der Waals surface area (Å²) in [7, 11) is 3.11. The van der Waals surface area contributed by atoms with Gasteiger partial charge < -0.3 is 19.5 Å². The highest BCUT2D eigenvalue weighted by molar-refractivity contribution is 6.02. The van der Waals surface area contributed by atoms with Crippen molar-refractivity contribution in [3.63, 3.8) is 0 Å². The number of ether oxygens (including phenoxy) is 3. The number of pyridine rings is 1. The van der Waals surface area contributed by atoms with Gasteiger partial charge >= 0.3 is 0 Å². The molecule has 2 aromatic carbocycles. The molecule has 1 heterocycles. The molecule has 0 unspecified atom stereocenters. The lowest BCUT2D eigenvalue weighted by Crippen LogP contribution is -2.09. The molecule has 1 amide bonds. The fourth-order valence-electron chi connectivity index (χ4n) is 2.58. The van der Waals surface area contributed by atoms with E-state index in [4.69, 9.17) is 14.2 Å². The van der Waals surface area contributed by atoms with Crippen LogP contribution in [0.5, 0.6) is 17.2 Å². The van der Waals surface area contributed by atoms with Crippen molar-refractivity contribution in [3.05, 3.63) is 84.2 Å². The van der Waals surface area contributed by atoms with Gasteiger partial charge in [-0.1, -0.05) is 18.2 Å². The summed E-state index contributed by atoms with van der Waals surface area (Å²) in [5.41, 5.74) is 2.42. The number of anilines is 1. The number of aromatic nitrogens is 1. The van der Waals surface area contributed by atoms with Crippen molar-refractivity contribution in [3.8, 4) is 17.2 Å². The van der Waals surface area contributed by atoms with Gasteiger partial charge in [-0.2, -0.15) is 0 Å². The summed E-state index contributed by atoms with van der Waals surface area (Å²) in [6.45, 7) is 0.452. The number of rotatable bonds is 8. The first-order chi connectivity index (χ1) is 14.2. The van der Waals surface area contributed by atoms with E-state index in [0.717, 1.165) is 16.9 Å². The van der Waals surface area contributed by atoms with E-state index in [-0.39, 0.29) is 5.91 Å². The normalized spacial score (nSPS) is 10.6. The van der Waals surface area contributed by atoms with E-state index in [9.17, 15) is 4.79 Å². The van der Waals surface area contributed by atoms with Crippen LogP contribution in [0.1, 0.15) is 11.1 Å². The Labute approximate surface area is 169 Å². The number of methoxy groups -OCH3 is 2. The molecule has 0 aliphatic heterocycles. The number of carbonyl (C=O) groups excluding carboxylic acids is 1. The second-order valence-electron chi connectivity index (χ2n) is 6.11. The van der Waals surface area contributed by atoms with Crippen LogP contribution in [0.4, 0.5) is 5.69 Å². The SMILES string of the molecule is COc1ccc(OC)c(NC(=O)/C=C/c2ccc(OCc3cccnc3)cc2)c1. The third-order valence-corrected chi connectivity index (χ3v) is 4.10. The average Bonchev–Trinajstić information content (AvgIpc) is 2.77. The molecule has 3 aromatic rings. The van der Waals surface area contributed by atoms with E-state index in [1.807, 2.05) is 36.4 Å². The summed E-state index contributed by atoms with van der Waals surface area (Å²) in [4.78, 5) is 16.3. The summed E-state index contributed by atoms with van der Waals surface area (Å²) in [5.74, 6) is 1.67. The average molecular weight is 390 g/mol. The van der Waals surface area contributed by atoms with Crippen molar-refractivity contribution in [1.82, 2.24) is 4.98 Å². The van der Waals surface area contributed by atoms with Gasteiger partial charge in [-0.3, -0.25) is 9.78 Å². The minimum absolute atomic E-state index is 0.270. The zero-order valence-electron chi connectivity index (χ0n) is 16.3. The van der Waals surface area contributed by atoms with E-state index in [1.165, 1.54) is 6.08 Å². The maximum atomic E-state index is 12.3. The molecule has 0 saturated carbocycles. The first kappa shape index (κ1) is 19.9. The monoisotopic (exact) mass is 390 g/mol. The first-order valence-electron chi connectivity index (χ1n) is 9.01. The zero-order valence-corrected chi connectivity index (χ0v) is 16.3.